The van der Waals surface area contributed by atoms with Crippen LogP contribution >= 0.6 is 34.2 Å². The number of amides is 2. The molecule has 1 rings (SSSR count). The minimum atomic E-state index is -1.04. The van der Waals surface area contributed by atoms with Gasteiger partial charge in [-0.15, -0.1) is 0 Å². The van der Waals surface area contributed by atoms with E-state index in [1.165, 1.54) is 0 Å². The van der Waals surface area contributed by atoms with Gasteiger partial charge < -0.3 is 15.7 Å². The van der Waals surface area contributed by atoms with Crippen LogP contribution in [-0.2, 0) is 4.79 Å². The van der Waals surface area contributed by atoms with Crippen molar-refractivity contribution < 1.29 is 14.7 Å². The topological polar surface area (TPSA) is 78.4 Å². The van der Waals surface area contributed by atoms with Gasteiger partial charge in [-0.2, -0.15) is 0 Å². The molecule has 110 valence electrons. The molecule has 1 unspecified atom stereocenters. The van der Waals surface area contributed by atoms with E-state index in [0.29, 0.717) is 17.1 Å². The maximum atomic E-state index is 11.9. The quantitative estimate of drug-likeness (QED) is 0.650. The first-order valence-corrected chi connectivity index (χ1v) is 7.56. The fraction of sp³-hybridized carbons (Fsp3) is 0.385. The summed E-state index contributed by atoms with van der Waals surface area (Å²) in [4.78, 5) is 23.0. The van der Waals surface area contributed by atoms with Crippen molar-refractivity contribution in [2.24, 2.45) is 5.92 Å². The molecule has 0 fully saturated rings. The molecule has 0 spiro atoms. The molecule has 1 aromatic rings. The zero-order valence-corrected chi connectivity index (χ0v) is 14.0. The van der Waals surface area contributed by atoms with Gasteiger partial charge in [-0.1, -0.05) is 31.9 Å². The first-order valence-electron chi connectivity index (χ1n) is 6.10. The second-order valence-corrected chi connectivity index (χ2v) is 6.02. The zero-order valence-electron chi connectivity index (χ0n) is 11.1. The molecule has 0 saturated carbocycles. The summed E-state index contributed by atoms with van der Waals surface area (Å²) >= 11 is 7.87. The number of rotatable bonds is 5. The largest absolute Gasteiger partial charge is 0.480 e. The van der Waals surface area contributed by atoms with Crippen LogP contribution in [0.4, 0.5) is 10.5 Å². The van der Waals surface area contributed by atoms with Crippen molar-refractivity contribution >= 4 is 51.9 Å². The van der Waals surface area contributed by atoms with E-state index in [4.69, 9.17) is 16.7 Å². The Morgan fingerprint density at radius 1 is 1.45 bits per heavy atom. The number of carboxylic acid groups (broad SMARTS) is 1. The Bertz CT molecular complexity index is 510. The van der Waals surface area contributed by atoms with Gasteiger partial charge >= 0.3 is 12.0 Å². The number of benzene rings is 1. The monoisotopic (exact) mass is 410 g/mol. The number of halogens is 2. The van der Waals surface area contributed by atoms with Gasteiger partial charge in [-0.05, 0) is 46.7 Å². The molecule has 1 aromatic carbocycles. The van der Waals surface area contributed by atoms with Crippen LogP contribution in [0.1, 0.15) is 20.3 Å². The Morgan fingerprint density at radius 2 is 2.10 bits per heavy atom. The Morgan fingerprint density at radius 3 is 2.60 bits per heavy atom. The van der Waals surface area contributed by atoms with E-state index in [1.54, 1.807) is 25.1 Å². The molecule has 0 aliphatic rings. The third-order valence-electron chi connectivity index (χ3n) is 2.94. The number of urea groups is 1. The molecule has 20 heavy (non-hydrogen) atoms. The second kappa shape index (κ2) is 7.68. The molecule has 0 aliphatic carbocycles. The highest BCUT2D eigenvalue weighted by Gasteiger charge is 2.25. The summed E-state index contributed by atoms with van der Waals surface area (Å²) in [5.74, 6) is -1.19. The number of hydrogen-bond donors (Lipinski definition) is 3. The standard InChI is InChI=1S/C13H16ClIN2O3/c1-3-7(2)11(12(18)19)17-13(20)16-10-5-4-8(14)6-9(10)15/h4-7,11H,3H2,1-2H3,(H,18,19)(H2,16,17,20)/t7?,11-/m0/s1. The summed E-state index contributed by atoms with van der Waals surface area (Å²) in [6, 6.07) is 3.58. The van der Waals surface area contributed by atoms with Crippen molar-refractivity contribution in [2.75, 3.05) is 5.32 Å². The number of nitrogens with one attached hydrogen (secondary N) is 2. The highest BCUT2D eigenvalue weighted by Crippen LogP contribution is 2.22. The van der Waals surface area contributed by atoms with Gasteiger partial charge in [0.2, 0.25) is 0 Å². The van der Waals surface area contributed by atoms with E-state index >= 15 is 0 Å². The summed E-state index contributed by atoms with van der Waals surface area (Å²) in [5.41, 5.74) is 0.584. The van der Waals surface area contributed by atoms with E-state index in [-0.39, 0.29) is 5.92 Å². The molecule has 2 atom stereocenters. The molecule has 2 amide bonds. The van der Waals surface area contributed by atoms with Gasteiger partial charge in [0, 0.05) is 8.59 Å². The molecule has 3 N–H and O–H groups in total. The van der Waals surface area contributed by atoms with E-state index < -0.39 is 18.0 Å². The number of carboxylic acids is 1. The fourth-order valence-corrected chi connectivity index (χ4v) is 2.58. The number of anilines is 1. The molecule has 7 heteroatoms. The highest BCUT2D eigenvalue weighted by molar-refractivity contribution is 14.1. The van der Waals surface area contributed by atoms with Gasteiger partial charge in [-0.25, -0.2) is 9.59 Å². The molecular formula is C13H16ClIN2O3. The molecule has 0 saturated heterocycles. The van der Waals surface area contributed by atoms with Gasteiger partial charge in [0.1, 0.15) is 6.04 Å². The van der Waals surface area contributed by atoms with Crippen LogP contribution in [0, 0.1) is 9.49 Å². The Hall–Kier alpha value is -1.02. The minimum Gasteiger partial charge on any atom is -0.480 e. The molecular weight excluding hydrogens is 395 g/mol. The van der Waals surface area contributed by atoms with E-state index in [9.17, 15) is 9.59 Å². The summed E-state index contributed by atoms with van der Waals surface area (Å²) in [6.07, 6.45) is 0.662. The lowest BCUT2D eigenvalue weighted by molar-refractivity contribution is -0.140. The first-order chi connectivity index (χ1) is 9.35. The lowest BCUT2D eigenvalue weighted by atomic mass is 9.99. The van der Waals surface area contributed by atoms with Crippen molar-refractivity contribution in [3.63, 3.8) is 0 Å². The van der Waals surface area contributed by atoms with Crippen LogP contribution in [0.3, 0.4) is 0 Å². The SMILES string of the molecule is CCC(C)[C@H](NC(=O)Nc1ccc(Cl)cc1I)C(=O)O. The normalized spacial score (nSPS) is 13.4. The van der Waals surface area contributed by atoms with E-state index in [0.717, 1.165) is 3.57 Å². The summed E-state index contributed by atoms with van der Waals surface area (Å²) in [6.45, 7) is 3.66. The lowest BCUT2D eigenvalue weighted by Crippen LogP contribution is -2.46. The zero-order chi connectivity index (χ0) is 15.3. The number of aliphatic carboxylic acids is 1. The summed E-state index contributed by atoms with van der Waals surface area (Å²) < 4.78 is 0.778. The molecule has 0 aliphatic heterocycles. The molecule has 0 heterocycles. The third kappa shape index (κ3) is 4.82. The van der Waals surface area contributed by atoms with Gasteiger partial charge in [0.05, 0.1) is 5.69 Å². The Labute approximate surface area is 136 Å². The smallest absolute Gasteiger partial charge is 0.326 e. The number of hydrogen-bond acceptors (Lipinski definition) is 2. The van der Waals surface area contributed by atoms with Crippen LogP contribution in [0.5, 0.6) is 0 Å². The third-order valence-corrected chi connectivity index (χ3v) is 4.07. The maximum Gasteiger partial charge on any atom is 0.326 e. The van der Waals surface area contributed by atoms with Crippen molar-refractivity contribution in [3.8, 4) is 0 Å². The van der Waals surface area contributed by atoms with Gasteiger partial charge in [0.15, 0.2) is 0 Å². The minimum absolute atomic E-state index is 0.150. The van der Waals surface area contributed by atoms with Crippen molar-refractivity contribution in [2.45, 2.75) is 26.3 Å². The lowest BCUT2D eigenvalue weighted by Gasteiger charge is -2.20. The van der Waals surface area contributed by atoms with Gasteiger partial charge in [0.25, 0.3) is 0 Å². The predicted octanol–water partition coefficient (Wildman–Crippen LogP) is 3.57. The number of carbonyl (C=O) groups is 2. The van der Waals surface area contributed by atoms with Crippen LogP contribution in [-0.4, -0.2) is 23.1 Å². The van der Waals surface area contributed by atoms with Crippen molar-refractivity contribution in [1.82, 2.24) is 5.32 Å². The molecule has 0 aromatic heterocycles. The first kappa shape index (κ1) is 17.0. The second-order valence-electron chi connectivity index (χ2n) is 4.42. The van der Waals surface area contributed by atoms with E-state index in [1.807, 2.05) is 29.5 Å². The molecule has 5 nitrogen and oxygen atoms in total. The van der Waals surface area contributed by atoms with Crippen LogP contribution in [0.15, 0.2) is 18.2 Å². The highest BCUT2D eigenvalue weighted by atomic mass is 127. The Kier molecular flexibility index (Phi) is 6.54. The summed E-state index contributed by atoms with van der Waals surface area (Å²) in [5, 5.41) is 14.8. The molecule has 0 bridgehead atoms. The Balaban J connectivity index is 2.73. The van der Waals surface area contributed by atoms with Gasteiger partial charge in [-0.3, -0.25) is 0 Å². The number of carbonyl (C=O) groups excluding carboxylic acids is 1. The average molecular weight is 411 g/mol. The summed E-state index contributed by atoms with van der Waals surface area (Å²) in [7, 11) is 0. The van der Waals surface area contributed by atoms with E-state index in [2.05, 4.69) is 10.6 Å². The average Bonchev–Trinajstić information content (AvgIpc) is 2.38. The maximum absolute atomic E-state index is 11.9. The van der Waals surface area contributed by atoms with Crippen molar-refractivity contribution in [3.05, 3.63) is 26.8 Å². The van der Waals surface area contributed by atoms with Crippen LogP contribution in [0.25, 0.3) is 0 Å². The van der Waals surface area contributed by atoms with Crippen molar-refractivity contribution in [1.29, 1.82) is 0 Å². The van der Waals surface area contributed by atoms with Crippen LogP contribution in [0.2, 0.25) is 5.02 Å². The predicted molar refractivity (Wildman–Crippen MR) is 87.2 cm³/mol. The fourth-order valence-electron chi connectivity index (χ4n) is 1.57. The van der Waals surface area contributed by atoms with Crippen LogP contribution < -0.4 is 10.6 Å². The molecule has 0 radical (unpaired) electrons.